The predicted octanol–water partition coefficient (Wildman–Crippen LogP) is 2.04. The summed E-state index contributed by atoms with van der Waals surface area (Å²) in [6.45, 7) is 8.80. The maximum absolute atomic E-state index is 6.06. The summed E-state index contributed by atoms with van der Waals surface area (Å²) in [5.74, 6) is -1.08. The van der Waals surface area contributed by atoms with Crippen molar-refractivity contribution in [3.05, 3.63) is 0 Å². The maximum Gasteiger partial charge on any atom is 0.313 e. The molecule has 0 aliphatic carbocycles. The largest absolute Gasteiger partial charge is 0.367 e. The highest BCUT2D eigenvalue weighted by Crippen LogP contribution is 2.43. The highest BCUT2D eigenvalue weighted by atomic mass is 16.9. The van der Waals surface area contributed by atoms with Gasteiger partial charge in [0, 0.05) is 19.8 Å². The first-order chi connectivity index (χ1) is 9.20. The average molecular weight is 275 g/mol. The second-order valence-corrected chi connectivity index (χ2v) is 4.69. The molecule has 1 aliphatic rings. The molecule has 0 radical (unpaired) electrons. The van der Waals surface area contributed by atoms with Crippen LogP contribution in [0.1, 0.15) is 46.5 Å². The Morgan fingerprint density at radius 1 is 1.05 bits per heavy atom. The SMILES string of the molecule is CCOC1(CCCN)CCCOC1(OCC)OCC. The van der Waals surface area contributed by atoms with Crippen LogP contribution in [0.3, 0.4) is 0 Å². The standard InChI is InChI=1S/C14H29NO4/c1-4-16-13(9-7-11-15)10-8-12-19-14(13,17-5-2)18-6-3/h4-12,15H2,1-3H3. The molecule has 0 aromatic rings. The highest BCUT2D eigenvalue weighted by Gasteiger charge is 2.57. The van der Waals surface area contributed by atoms with E-state index >= 15 is 0 Å². The lowest BCUT2D eigenvalue weighted by atomic mass is 9.86. The van der Waals surface area contributed by atoms with Gasteiger partial charge in [-0.25, -0.2) is 0 Å². The Labute approximate surface area is 116 Å². The van der Waals surface area contributed by atoms with E-state index in [2.05, 4.69) is 0 Å². The van der Waals surface area contributed by atoms with Gasteiger partial charge in [-0.05, 0) is 53.0 Å². The van der Waals surface area contributed by atoms with E-state index in [1.54, 1.807) is 0 Å². The second-order valence-electron chi connectivity index (χ2n) is 4.69. The van der Waals surface area contributed by atoms with E-state index in [0.717, 1.165) is 25.7 Å². The van der Waals surface area contributed by atoms with Crippen LogP contribution < -0.4 is 5.73 Å². The van der Waals surface area contributed by atoms with Gasteiger partial charge in [0.05, 0.1) is 6.61 Å². The summed E-state index contributed by atoms with van der Waals surface area (Å²) < 4.78 is 23.7. The van der Waals surface area contributed by atoms with E-state index in [9.17, 15) is 0 Å². The fourth-order valence-electron chi connectivity index (χ4n) is 2.79. The van der Waals surface area contributed by atoms with Crippen molar-refractivity contribution in [2.24, 2.45) is 5.73 Å². The number of hydrogen-bond donors (Lipinski definition) is 1. The van der Waals surface area contributed by atoms with Gasteiger partial charge in [0.1, 0.15) is 5.60 Å². The molecule has 2 N–H and O–H groups in total. The Balaban J connectivity index is 3.01. The molecule has 0 spiro atoms. The maximum atomic E-state index is 6.06. The zero-order valence-electron chi connectivity index (χ0n) is 12.6. The van der Waals surface area contributed by atoms with Crippen molar-refractivity contribution in [3.8, 4) is 0 Å². The van der Waals surface area contributed by atoms with Gasteiger partial charge in [-0.2, -0.15) is 0 Å². The Kier molecular flexibility index (Phi) is 7.25. The van der Waals surface area contributed by atoms with Gasteiger partial charge in [0.15, 0.2) is 0 Å². The Morgan fingerprint density at radius 2 is 1.68 bits per heavy atom. The normalized spacial score (nSPS) is 26.5. The molecule has 5 nitrogen and oxygen atoms in total. The Hall–Kier alpha value is -0.200. The molecule has 0 aromatic heterocycles. The van der Waals surface area contributed by atoms with Crippen molar-refractivity contribution in [2.45, 2.75) is 58.0 Å². The van der Waals surface area contributed by atoms with E-state index in [-0.39, 0.29) is 0 Å². The van der Waals surface area contributed by atoms with E-state index in [4.69, 9.17) is 24.7 Å². The van der Waals surface area contributed by atoms with E-state index in [0.29, 0.717) is 33.0 Å². The molecule has 1 heterocycles. The number of nitrogens with two attached hydrogens (primary N) is 1. The van der Waals surface area contributed by atoms with Crippen LogP contribution in [0.2, 0.25) is 0 Å². The van der Waals surface area contributed by atoms with Gasteiger partial charge in [0.2, 0.25) is 0 Å². The fraction of sp³-hybridized carbons (Fsp3) is 1.00. The molecule has 5 heteroatoms. The zero-order chi connectivity index (χ0) is 14.2. The van der Waals surface area contributed by atoms with Crippen molar-refractivity contribution in [1.82, 2.24) is 0 Å². The summed E-state index contributed by atoms with van der Waals surface area (Å²) in [7, 11) is 0. The molecule has 1 atom stereocenters. The van der Waals surface area contributed by atoms with Crippen LogP contribution in [-0.4, -0.2) is 44.5 Å². The minimum Gasteiger partial charge on any atom is -0.367 e. The quantitative estimate of drug-likeness (QED) is 0.652. The Morgan fingerprint density at radius 3 is 2.21 bits per heavy atom. The smallest absolute Gasteiger partial charge is 0.313 e. The van der Waals surface area contributed by atoms with Gasteiger partial charge in [0.25, 0.3) is 0 Å². The molecule has 1 fully saturated rings. The third kappa shape index (κ3) is 3.67. The minimum atomic E-state index is -1.08. The lowest BCUT2D eigenvalue weighted by molar-refractivity contribution is -0.459. The van der Waals surface area contributed by atoms with Crippen LogP contribution in [-0.2, 0) is 18.9 Å². The topological polar surface area (TPSA) is 62.9 Å². The predicted molar refractivity (Wildman–Crippen MR) is 73.8 cm³/mol. The molecule has 0 bridgehead atoms. The molecular formula is C14H29NO4. The van der Waals surface area contributed by atoms with E-state index in [1.165, 1.54) is 0 Å². The first-order valence-electron chi connectivity index (χ1n) is 7.46. The van der Waals surface area contributed by atoms with E-state index in [1.807, 2.05) is 20.8 Å². The highest BCUT2D eigenvalue weighted by molar-refractivity contribution is 4.94. The summed E-state index contributed by atoms with van der Waals surface area (Å²) in [5, 5.41) is 0. The molecule has 1 saturated heterocycles. The van der Waals surface area contributed by atoms with Crippen molar-refractivity contribution < 1.29 is 18.9 Å². The van der Waals surface area contributed by atoms with Crippen LogP contribution in [0.15, 0.2) is 0 Å². The summed E-state index contributed by atoms with van der Waals surface area (Å²) in [4.78, 5) is 0. The first kappa shape index (κ1) is 16.9. The molecule has 1 rings (SSSR count). The fourth-order valence-corrected chi connectivity index (χ4v) is 2.79. The van der Waals surface area contributed by atoms with Crippen molar-refractivity contribution in [2.75, 3.05) is 33.0 Å². The lowest BCUT2D eigenvalue weighted by Crippen LogP contribution is -2.63. The van der Waals surface area contributed by atoms with Crippen molar-refractivity contribution in [1.29, 1.82) is 0 Å². The molecule has 1 aliphatic heterocycles. The molecule has 114 valence electrons. The van der Waals surface area contributed by atoms with Gasteiger partial charge in [-0.3, -0.25) is 0 Å². The summed E-state index contributed by atoms with van der Waals surface area (Å²) in [6, 6.07) is 0. The number of hydrogen-bond acceptors (Lipinski definition) is 5. The van der Waals surface area contributed by atoms with Crippen LogP contribution in [0.25, 0.3) is 0 Å². The first-order valence-corrected chi connectivity index (χ1v) is 7.46. The summed E-state index contributed by atoms with van der Waals surface area (Å²) in [5.41, 5.74) is 5.11. The molecule has 19 heavy (non-hydrogen) atoms. The van der Waals surface area contributed by atoms with Crippen LogP contribution in [0.4, 0.5) is 0 Å². The molecule has 0 amide bonds. The second kappa shape index (κ2) is 8.17. The average Bonchev–Trinajstić information content (AvgIpc) is 2.40. The molecular weight excluding hydrogens is 246 g/mol. The van der Waals surface area contributed by atoms with Crippen LogP contribution in [0, 0.1) is 0 Å². The van der Waals surface area contributed by atoms with Gasteiger partial charge < -0.3 is 24.7 Å². The third-order valence-electron chi connectivity index (χ3n) is 3.45. The number of rotatable bonds is 9. The van der Waals surface area contributed by atoms with Gasteiger partial charge in [-0.15, -0.1) is 0 Å². The van der Waals surface area contributed by atoms with Crippen LogP contribution in [0.5, 0.6) is 0 Å². The van der Waals surface area contributed by atoms with Gasteiger partial charge in [-0.1, -0.05) is 0 Å². The number of ether oxygens (including phenoxy) is 4. The van der Waals surface area contributed by atoms with Gasteiger partial charge >= 0.3 is 5.97 Å². The summed E-state index contributed by atoms with van der Waals surface area (Å²) in [6.07, 6.45) is 3.48. The summed E-state index contributed by atoms with van der Waals surface area (Å²) >= 11 is 0. The lowest BCUT2D eigenvalue weighted by Gasteiger charge is -2.50. The van der Waals surface area contributed by atoms with Crippen molar-refractivity contribution >= 4 is 0 Å². The Bertz CT molecular complexity index is 234. The molecule has 0 saturated carbocycles. The minimum absolute atomic E-state index is 0.525. The monoisotopic (exact) mass is 275 g/mol. The van der Waals surface area contributed by atoms with Crippen molar-refractivity contribution in [3.63, 3.8) is 0 Å². The van der Waals surface area contributed by atoms with E-state index < -0.39 is 11.6 Å². The van der Waals surface area contributed by atoms with Crippen LogP contribution >= 0.6 is 0 Å². The zero-order valence-corrected chi connectivity index (χ0v) is 12.6. The molecule has 0 aromatic carbocycles. The molecule has 1 unspecified atom stereocenters. The third-order valence-corrected chi connectivity index (χ3v) is 3.45.